The van der Waals surface area contributed by atoms with Gasteiger partial charge in [0.05, 0.1) is 27.2 Å². The molecule has 1 fully saturated rings. The molecule has 0 aliphatic carbocycles. The molecular formula is C12H26N+. The van der Waals surface area contributed by atoms with Crippen molar-refractivity contribution in [2.24, 2.45) is 10.8 Å². The molecule has 1 rings (SSSR count). The van der Waals surface area contributed by atoms with Crippen LogP contribution >= 0.6 is 0 Å². The van der Waals surface area contributed by atoms with Crippen molar-refractivity contribution in [2.75, 3.05) is 27.2 Å². The Labute approximate surface area is 83.7 Å². The van der Waals surface area contributed by atoms with Crippen LogP contribution in [0.2, 0.25) is 0 Å². The van der Waals surface area contributed by atoms with Crippen molar-refractivity contribution >= 4 is 0 Å². The van der Waals surface area contributed by atoms with Crippen molar-refractivity contribution in [3.05, 3.63) is 0 Å². The zero-order valence-electron chi connectivity index (χ0n) is 10.3. The Morgan fingerprint density at radius 3 is 1.46 bits per heavy atom. The van der Waals surface area contributed by atoms with Gasteiger partial charge < -0.3 is 4.48 Å². The average Bonchev–Trinajstić information content (AvgIpc) is 2.19. The molecule has 13 heavy (non-hydrogen) atoms. The van der Waals surface area contributed by atoms with E-state index in [1.165, 1.54) is 30.4 Å². The van der Waals surface area contributed by atoms with Crippen LogP contribution in [0.3, 0.4) is 0 Å². The normalized spacial score (nSPS) is 43.8. The van der Waals surface area contributed by atoms with E-state index in [9.17, 15) is 0 Å². The summed E-state index contributed by atoms with van der Waals surface area (Å²) >= 11 is 0. The first-order valence-corrected chi connectivity index (χ1v) is 5.61. The maximum absolute atomic E-state index is 2.48. The number of rotatable bonds is 2. The molecule has 2 atom stereocenters. The van der Waals surface area contributed by atoms with Crippen LogP contribution in [0, 0.1) is 10.8 Å². The molecule has 0 aromatic rings. The molecule has 1 aliphatic rings. The Balaban J connectivity index is 2.97. The summed E-state index contributed by atoms with van der Waals surface area (Å²) in [6.45, 7) is 12.3. The predicted molar refractivity (Wildman–Crippen MR) is 58.6 cm³/mol. The Bertz CT molecular complexity index is 177. The SMILES string of the molecule is CCC1(C)C[N+](C)(C)CC1(C)CC. The summed E-state index contributed by atoms with van der Waals surface area (Å²) in [5.74, 6) is 0. The van der Waals surface area contributed by atoms with Crippen molar-refractivity contribution in [3.63, 3.8) is 0 Å². The smallest absolute Gasteiger partial charge is 0.0844 e. The summed E-state index contributed by atoms with van der Waals surface area (Å²) < 4.78 is 1.20. The molecule has 0 bridgehead atoms. The van der Waals surface area contributed by atoms with Crippen LogP contribution in [0.1, 0.15) is 40.5 Å². The van der Waals surface area contributed by atoms with Crippen LogP contribution in [-0.4, -0.2) is 31.7 Å². The van der Waals surface area contributed by atoms with E-state index in [0.717, 1.165) is 0 Å². The zero-order valence-corrected chi connectivity index (χ0v) is 10.3. The molecule has 1 aliphatic heterocycles. The predicted octanol–water partition coefficient (Wildman–Crippen LogP) is 2.91. The third-order valence-electron chi connectivity index (χ3n) is 4.57. The van der Waals surface area contributed by atoms with Crippen LogP contribution in [0.25, 0.3) is 0 Å². The summed E-state index contributed by atoms with van der Waals surface area (Å²) in [5.41, 5.74) is 1.09. The number of hydrogen-bond acceptors (Lipinski definition) is 0. The fourth-order valence-corrected chi connectivity index (χ4v) is 3.40. The second-order valence-corrected chi connectivity index (χ2v) is 6.08. The van der Waals surface area contributed by atoms with Crippen molar-refractivity contribution in [1.82, 2.24) is 0 Å². The zero-order chi connectivity index (χ0) is 10.3. The highest BCUT2D eigenvalue weighted by atomic mass is 15.3. The van der Waals surface area contributed by atoms with Crippen LogP contribution in [-0.2, 0) is 0 Å². The number of nitrogens with zero attached hydrogens (tertiary/aromatic N) is 1. The maximum Gasteiger partial charge on any atom is 0.0844 e. The molecule has 1 nitrogen and oxygen atoms in total. The van der Waals surface area contributed by atoms with Gasteiger partial charge in [0.15, 0.2) is 0 Å². The third-order valence-corrected chi connectivity index (χ3v) is 4.57. The van der Waals surface area contributed by atoms with Gasteiger partial charge in [0.1, 0.15) is 0 Å². The fraction of sp³-hybridized carbons (Fsp3) is 1.00. The Kier molecular flexibility index (Phi) is 2.53. The molecule has 0 saturated carbocycles. The maximum atomic E-state index is 2.48. The largest absolute Gasteiger partial charge is 0.328 e. The Morgan fingerprint density at radius 1 is 0.923 bits per heavy atom. The summed E-state index contributed by atoms with van der Waals surface area (Å²) in [6.07, 6.45) is 2.64. The van der Waals surface area contributed by atoms with Gasteiger partial charge in [-0.2, -0.15) is 0 Å². The summed E-state index contributed by atoms with van der Waals surface area (Å²) in [4.78, 5) is 0. The van der Waals surface area contributed by atoms with Gasteiger partial charge in [-0.15, -0.1) is 0 Å². The van der Waals surface area contributed by atoms with Crippen molar-refractivity contribution in [3.8, 4) is 0 Å². The lowest BCUT2D eigenvalue weighted by Crippen LogP contribution is -2.38. The average molecular weight is 184 g/mol. The molecule has 1 heterocycles. The molecule has 0 N–H and O–H groups in total. The number of likely N-dealkylation sites (tertiary alicyclic amines) is 1. The number of quaternary nitrogens is 1. The van der Waals surface area contributed by atoms with E-state index >= 15 is 0 Å². The van der Waals surface area contributed by atoms with Gasteiger partial charge in [-0.05, 0) is 12.8 Å². The van der Waals surface area contributed by atoms with Gasteiger partial charge in [0.2, 0.25) is 0 Å². The van der Waals surface area contributed by atoms with Gasteiger partial charge in [0.25, 0.3) is 0 Å². The Morgan fingerprint density at radius 2 is 1.23 bits per heavy atom. The standard InChI is InChI=1S/C12H26N/c1-7-11(3)9-13(5,6)10-12(11,4)8-2/h7-10H2,1-6H3/q+1. The molecule has 78 valence electrons. The highest BCUT2D eigenvalue weighted by Crippen LogP contribution is 2.51. The van der Waals surface area contributed by atoms with Crippen LogP contribution in [0.4, 0.5) is 0 Å². The molecule has 1 heteroatoms. The lowest BCUT2D eigenvalue weighted by Gasteiger charge is -2.35. The van der Waals surface area contributed by atoms with Gasteiger partial charge in [-0.25, -0.2) is 0 Å². The summed E-state index contributed by atoms with van der Waals surface area (Å²) in [7, 11) is 4.74. The molecule has 0 aromatic heterocycles. The van der Waals surface area contributed by atoms with Crippen molar-refractivity contribution in [2.45, 2.75) is 40.5 Å². The first kappa shape index (κ1) is 11.0. The van der Waals surface area contributed by atoms with E-state index in [0.29, 0.717) is 10.8 Å². The van der Waals surface area contributed by atoms with E-state index in [4.69, 9.17) is 0 Å². The van der Waals surface area contributed by atoms with Gasteiger partial charge in [-0.1, -0.05) is 27.7 Å². The molecule has 0 amide bonds. The summed E-state index contributed by atoms with van der Waals surface area (Å²) in [5, 5.41) is 0. The monoisotopic (exact) mass is 184 g/mol. The van der Waals surface area contributed by atoms with E-state index < -0.39 is 0 Å². The molecule has 0 radical (unpaired) electrons. The molecule has 2 unspecified atom stereocenters. The van der Waals surface area contributed by atoms with Gasteiger partial charge in [-0.3, -0.25) is 0 Å². The van der Waals surface area contributed by atoms with Gasteiger partial charge >= 0.3 is 0 Å². The van der Waals surface area contributed by atoms with E-state index in [1.54, 1.807) is 0 Å². The molecule has 0 spiro atoms. The minimum atomic E-state index is 0.547. The van der Waals surface area contributed by atoms with Crippen LogP contribution in [0.15, 0.2) is 0 Å². The molecule has 1 saturated heterocycles. The van der Waals surface area contributed by atoms with E-state index in [1.807, 2.05) is 0 Å². The first-order valence-electron chi connectivity index (χ1n) is 5.61. The topological polar surface area (TPSA) is 0 Å². The molecular weight excluding hydrogens is 158 g/mol. The second kappa shape index (κ2) is 2.98. The minimum Gasteiger partial charge on any atom is -0.328 e. The minimum absolute atomic E-state index is 0.547. The Hall–Kier alpha value is -0.0400. The van der Waals surface area contributed by atoms with Crippen LogP contribution in [0.5, 0.6) is 0 Å². The first-order chi connectivity index (χ1) is 5.79. The quantitative estimate of drug-likeness (QED) is 0.579. The van der Waals surface area contributed by atoms with Crippen molar-refractivity contribution < 1.29 is 4.48 Å². The summed E-state index contributed by atoms with van der Waals surface area (Å²) in [6, 6.07) is 0. The third kappa shape index (κ3) is 1.63. The molecule has 0 aromatic carbocycles. The lowest BCUT2D eigenvalue weighted by atomic mass is 9.65. The van der Waals surface area contributed by atoms with E-state index in [-0.39, 0.29) is 0 Å². The number of hydrogen-bond donors (Lipinski definition) is 0. The lowest BCUT2D eigenvalue weighted by molar-refractivity contribution is -0.883. The van der Waals surface area contributed by atoms with Crippen LogP contribution < -0.4 is 0 Å². The fourth-order valence-electron chi connectivity index (χ4n) is 3.40. The second-order valence-electron chi connectivity index (χ2n) is 6.08. The van der Waals surface area contributed by atoms with Gasteiger partial charge in [0, 0.05) is 10.8 Å². The van der Waals surface area contributed by atoms with Crippen molar-refractivity contribution in [1.29, 1.82) is 0 Å². The highest BCUT2D eigenvalue weighted by molar-refractivity contribution is 4.95. The van der Waals surface area contributed by atoms with E-state index in [2.05, 4.69) is 41.8 Å². The highest BCUT2D eigenvalue weighted by Gasteiger charge is 2.55.